The zero-order valence-corrected chi connectivity index (χ0v) is 19.3. The van der Waals surface area contributed by atoms with E-state index in [0.29, 0.717) is 17.9 Å². The molecule has 1 heterocycles. The number of nitrogens with one attached hydrogen (secondary N) is 1. The molecule has 1 aliphatic heterocycles. The molecule has 2 fully saturated rings. The van der Waals surface area contributed by atoms with Gasteiger partial charge in [0.15, 0.2) is 5.78 Å². The molecule has 1 saturated carbocycles. The van der Waals surface area contributed by atoms with Gasteiger partial charge in [-0.25, -0.2) is 0 Å². The fourth-order valence-electron chi connectivity index (χ4n) is 6.34. The van der Waals surface area contributed by atoms with Gasteiger partial charge in [-0.2, -0.15) is 0 Å². The van der Waals surface area contributed by atoms with Gasteiger partial charge < -0.3 is 10.4 Å². The largest absolute Gasteiger partial charge is 0.388 e. The van der Waals surface area contributed by atoms with Crippen molar-refractivity contribution in [3.63, 3.8) is 0 Å². The molecule has 1 aromatic carbocycles. The van der Waals surface area contributed by atoms with E-state index in [-0.39, 0.29) is 35.5 Å². The van der Waals surface area contributed by atoms with E-state index in [9.17, 15) is 14.7 Å². The predicted octanol–water partition coefficient (Wildman–Crippen LogP) is 4.26. The predicted molar refractivity (Wildman–Crippen MR) is 127 cm³/mol. The Morgan fingerprint density at radius 3 is 2.56 bits per heavy atom. The molecule has 2 aliphatic carbocycles. The van der Waals surface area contributed by atoms with Gasteiger partial charge in [-0.3, -0.25) is 9.59 Å². The first kappa shape index (κ1) is 22.7. The van der Waals surface area contributed by atoms with Gasteiger partial charge in [0, 0.05) is 17.9 Å². The Kier molecular flexibility index (Phi) is 6.26. The number of benzene rings is 1. The number of carbonyl (C=O) groups excluding carboxylic acids is 2. The Morgan fingerprint density at radius 2 is 1.84 bits per heavy atom. The van der Waals surface area contributed by atoms with Crippen molar-refractivity contribution in [2.24, 2.45) is 35.0 Å². The molecule has 3 aliphatic rings. The summed E-state index contributed by atoms with van der Waals surface area (Å²) in [5.74, 6) is -0.797. The molecule has 1 spiro atoms. The molecule has 1 aromatic rings. The molecular formula is C28H35NO3. The first-order valence-corrected chi connectivity index (χ1v) is 11.9. The van der Waals surface area contributed by atoms with Crippen LogP contribution < -0.4 is 5.32 Å². The number of carbonyl (C=O) groups is 2. The Bertz CT molecular complexity index is 949. The highest BCUT2D eigenvalue weighted by Crippen LogP contribution is 2.56. The monoisotopic (exact) mass is 433 g/mol. The van der Waals surface area contributed by atoms with Crippen molar-refractivity contribution in [2.75, 3.05) is 0 Å². The molecule has 8 unspecified atom stereocenters. The van der Waals surface area contributed by atoms with Crippen LogP contribution in [0.1, 0.15) is 39.2 Å². The average molecular weight is 434 g/mol. The van der Waals surface area contributed by atoms with Gasteiger partial charge in [0.2, 0.25) is 5.91 Å². The quantitative estimate of drug-likeness (QED) is 0.541. The number of rotatable bonds is 2. The van der Waals surface area contributed by atoms with E-state index in [1.54, 1.807) is 6.08 Å². The lowest BCUT2D eigenvalue weighted by atomic mass is 9.52. The summed E-state index contributed by atoms with van der Waals surface area (Å²) in [5, 5.41) is 14.4. The fourth-order valence-corrected chi connectivity index (χ4v) is 6.34. The SMILES string of the molecule is C=C1C(C)C2C(Cc3ccccc3)NC(=O)C23C(=O)C=CC(C)CC(C)CC=CC3C1O. The highest BCUT2D eigenvalue weighted by Gasteiger charge is 2.67. The number of ketones is 1. The number of aliphatic hydroxyl groups is 1. The van der Waals surface area contributed by atoms with Crippen LogP contribution in [0.2, 0.25) is 0 Å². The Hall–Kier alpha value is -2.46. The minimum Gasteiger partial charge on any atom is -0.388 e. The van der Waals surface area contributed by atoms with Gasteiger partial charge in [-0.15, -0.1) is 0 Å². The number of amides is 1. The lowest BCUT2D eigenvalue weighted by Gasteiger charge is -2.48. The number of aliphatic hydroxyl groups excluding tert-OH is 1. The van der Waals surface area contributed by atoms with E-state index in [1.165, 1.54) is 0 Å². The third-order valence-electron chi connectivity index (χ3n) is 7.96. The van der Waals surface area contributed by atoms with Gasteiger partial charge in [0.25, 0.3) is 0 Å². The Labute approximate surface area is 191 Å². The van der Waals surface area contributed by atoms with Crippen LogP contribution >= 0.6 is 0 Å². The smallest absolute Gasteiger partial charge is 0.235 e. The Morgan fingerprint density at radius 1 is 1.12 bits per heavy atom. The molecule has 0 aromatic heterocycles. The van der Waals surface area contributed by atoms with Crippen molar-refractivity contribution in [1.29, 1.82) is 0 Å². The highest BCUT2D eigenvalue weighted by atomic mass is 16.3. The molecule has 170 valence electrons. The number of allylic oxidation sites excluding steroid dienone is 3. The van der Waals surface area contributed by atoms with Gasteiger partial charge in [0.05, 0.1) is 6.10 Å². The molecule has 1 amide bonds. The molecular weight excluding hydrogens is 398 g/mol. The van der Waals surface area contributed by atoms with Crippen LogP contribution in [0.3, 0.4) is 0 Å². The Balaban J connectivity index is 1.84. The molecule has 8 atom stereocenters. The topological polar surface area (TPSA) is 66.4 Å². The second-order valence-electron chi connectivity index (χ2n) is 10.2. The average Bonchev–Trinajstić information content (AvgIpc) is 3.04. The minimum absolute atomic E-state index is 0.166. The van der Waals surface area contributed by atoms with Crippen LogP contribution in [-0.4, -0.2) is 28.9 Å². The molecule has 0 bridgehead atoms. The summed E-state index contributed by atoms with van der Waals surface area (Å²) in [6.45, 7) is 10.5. The van der Waals surface area contributed by atoms with Crippen molar-refractivity contribution < 1.29 is 14.7 Å². The van der Waals surface area contributed by atoms with E-state index in [0.717, 1.165) is 18.4 Å². The second-order valence-corrected chi connectivity index (χ2v) is 10.2. The van der Waals surface area contributed by atoms with Gasteiger partial charge in [-0.1, -0.05) is 75.9 Å². The first-order valence-electron chi connectivity index (χ1n) is 11.9. The zero-order valence-electron chi connectivity index (χ0n) is 19.3. The summed E-state index contributed by atoms with van der Waals surface area (Å²) >= 11 is 0. The minimum atomic E-state index is -1.32. The lowest BCUT2D eigenvalue weighted by Crippen LogP contribution is -2.58. The van der Waals surface area contributed by atoms with Gasteiger partial charge in [0.1, 0.15) is 5.41 Å². The van der Waals surface area contributed by atoms with Crippen LogP contribution in [0, 0.1) is 35.0 Å². The maximum absolute atomic E-state index is 13.9. The molecule has 2 N–H and O–H groups in total. The third kappa shape index (κ3) is 3.69. The summed E-state index contributed by atoms with van der Waals surface area (Å²) in [7, 11) is 0. The summed E-state index contributed by atoms with van der Waals surface area (Å²) in [5.41, 5.74) is 0.510. The van der Waals surface area contributed by atoms with Crippen LogP contribution in [0.25, 0.3) is 0 Å². The fraction of sp³-hybridized carbons (Fsp3) is 0.500. The van der Waals surface area contributed by atoms with Crippen LogP contribution in [-0.2, 0) is 16.0 Å². The van der Waals surface area contributed by atoms with Gasteiger partial charge in [-0.05, 0) is 54.2 Å². The summed E-state index contributed by atoms with van der Waals surface area (Å²) in [6, 6.07) is 9.86. The van der Waals surface area contributed by atoms with Crippen LogP contribution in [0.5, 0.6) is 0 Å². The third-order valence-corrected chi connectivity index (χ3v) is 7.96. The molecule has 32 heavy (non-hydrogen) atoms. The maximum atomic E-state index is 13.9. The first-order chi connectivity index (χ1) is 15.3. The summed E-state index contributed by atoms with van der Waals surface area (Å²) < 4.78 is 0. The summed E-state index contributed by atoms with van der Waals surface area (Å²) in [4.78, 5) is 27.6. The van der Waals surface area contributed by atoms with E-state index < -0.39 is 17.4 Å². The maximum Gasteiger partial charge on any atom is 0.235 e. The molecule has 4 heteroatoms. The zero-order chi connectivity index (χ0) is 23.0. The lowest BCUT2D eigenvalue weighted by molar-refractivity contribution is -0.148. The number of hydrogen-bond donors (Lipinski definition) is 2. The van der Waals surface area contributed by atoms with Crippen molar-refractivity contribution in [1.82, 2.24) is 5.32 Å². The van der Waals surface area contributed by atoms with Crippen molar-refractivity contribution in [3.05, 3.63) is 72.4 Å². The van der Waals surface area contributed by atoms with E-state index in [4.69, 9.17) is 0 Å². The molecule has 1 saturated heterocycles. The van der Waals surface area contributed by atoms with Gasteiger partial charge >= 0.3 is 0 Å². The van der Waals surface area contributed by atoms with Crippen molar-refractivity contribution in [3.8, 4) is 0 Å². The molecule has 4 nitrogen and oxygen atoms in total. The van der Waals surface area contributed by atoms with E-state index in [2.05, 4.69) is 31.8 Å². The van der Waals surface area contributed by atoms with Crippen LogP contribution in [0.4, 0.5) is 0 Å². The highest BCUT2D eigenvalue weighted by molar-refractivity contribution is 6.13. The van der Waals surface area contributed by atoms with Crippen molar-refractivity contribution >= 4 is 11.7 Å². The second kappa shape index (κ2) is 8.82. The van der Waals surface area contributed by atoms with Crippen LogP contribution in [0.15, 0.2) is 66.8 Å². The normalized spacial score (nSPS) is 39.8. The van der Waals surface area contributed by atoms with E-state index in [1.807, 2.05) is 49.4 Å². The van der Waals surface area contributed by atoms with Crippen molar-refractivity contribution in [2.45, 2.75) is 52.2 Å². The molecule has 0 radical (unpaired) electrons. The molecule has 4 rings (SSSR count). The summed E-state index contributed by atoms with van der Waals surface area (Å²) in [6.07, 6.45) is 9.11. The standard InChI is InChI=1S/C28H35NO3/c1-17-9-8-12-22-26(31)20(4)19(3)25-23(16-21-10-6-5-7-11-21)29-27(32)28(22,25)24(30)14-13-18(2)15-17/h5-8,10-14,17-19,22-23,25-26,31H,4,9,15-16H2,1-3H3,(H,29,32). The van der Waals surface area contributed by atoms with E-state index >= 15 is 0 Å². The number of hydrogen-bond acceptors (Lipinski definition) is 3.